The molecule has 0 bridgehead atoms. The lowest BCUT2D eigenvalue weighted by Gasteiger charge is -2.35. The van der Waals surface area contributed by atoms with Gasteiger partial charge < -0.3 is 10.2 Å². The highest BCUT2D eigenvalue weighted by atomic mass is 35.5. The number of benzene rings is 1. The third-order valence-corrected chi connectivity index (χ3v) is 4.71. The van der Waals surface area contributed by atoms with Crippen molar-refractivity contribution >= 4 is 23.3 Å². The number of anilines is 1. The summed E-state index contributed by atoms with van der Waals surface area (Å²) in [7, 11) is 0. The molecule has 0 unspecified atom stereocenters. The topological polar surface area (TPSA) is 61.4 Å². The Labute approximate surface area is 159 Å². The average Bonchev–Trinajstić information content (AvgIpc) is 2.63. The fraction of sp³-hybridized carbons (Fsp3) is 0.421. The zero-order valence-corrected chi connectivity index (χ0v) is 15.7. The van der Waals surface area contributed by atoms with E-state index in [9.17, 15) is 4.79 Å². The second-order valence-corrected chi connectivity index (χ2v) is 6.83. The molecule has 0 spiro atoms. The summed E-state index contributed by atoms with van der Waals surface area (Å²) in [6.07, 6.45) is 2.56. The monoisotopic (exact) mass is 373 g/mol. The van der Waals surface area contributed by atoms with Crippen molar-refractivity contribution in [2.45, 2.75) is 19.9 Å². The molecule has 2 heterocycles. The van der Waals surface area contributed by atoms with Gasteiger partial charge in [-0.25, -0.2) is 9.97 Å². The van der Waals surface area contributed by atoms with Crippen LogP contribution in [0, 0.1) is 0 Å². The Morgan fingerprint density at radius 1 is 1.12 bits per heavy atom. The fourth-order valence-corrected chi connectivity index (χ4v) is 3.23. The molecule has 1 fully saturated rings. The van der Waals surface area contributed by atoms with Gasteiger partial charge >= 0.3 is 0 Å². The van der Waals surface area contributed by atoms with E-state index >= 15 is 0 Å². The zero-order valence-electron chi connectivity index (χ0n) is 15.0. The van der Waals surface area contributed by atoms with E-state index in [-0.39, 0.29) is 5.91 Å². The van der Waals surface area contributed by atoms with Crippen LogP contribution in [-0.4, -0.2) is 53.5 Å². The van der Waals surface area contributed by atoms with E-state index in [1.807, 2.05) is 6.07 Å². The van der Waals surface area contributed by atoms with E-state index < -0.39 is 0 Å². The quantitative estimate of drug-likeness (QED) is 0.786. The number of nitrogens with zero attached hydrogens (tertiary/aromatic N) is 4. The predicted molar refractivity (Wildman–Crippen MR) is 103 cm³/mol. The lowest BCUT2D eigenvalue weighted by Crippen LogP contribution is -2.46. The van der Waals surface area contributed by atoms with Gasteiger partial charge in [-0.05, 0) is 35.2 Å². The van der Waals surface area contributed by atoms with Crippen molar-refractivity contribution in [2.75, 3.05) is 37.6 Å². The molecule has 1 aromatic carbocycles. The maximum atomic E-state index is 10.9. The lowest BCUT2D eigenvalue weighted by atomic mass is 10.1. The van der Waals surface area contributed by atoms with Gasteiger partial charge in [-0.15, -0.1) is 0 Å². The van der Waals surface area contributed by atoms with Gasteiger partial charge in [-0.1, -0.05) is 24.3 Å². The average molecular weight is 374 g/mol. The fourth-order valence-electron chi connectivity index (χ4n) is 3.09. The molecule has 1 aromatic heterocycles. The third kappa shape index (κ3) is 5.41. The van der Waals surface area contributed by atoms with E-state index in [0.717, 1.165) is 45.0 Å². The zero-order chi connectivity index (χ0) is 18.4. The summed E-state index contributed by atoms with van der Waals surface area (Å²) in [6, 6.07) is 10.6. The van der Waals surface area contributed by atoms with Crippen LogP contribution in [0.25, 0.3) is 0 Å². The van der Waals surface area contributed by atoms with Crippen LogP contribution in [0.4, 0.5) is 5.82 Å². The third-order valence-electron chi connectivity index (χ3n) is 4.52. The molecule has 6 nitrogen and oxygen atoms in total. The highest BCUT2D eigenvalue weighted by Crippen LogP contribution is 2.16. The van der Waals surface area contributed by atoms with Crippen LogP contribution in [0.2, 0.25) is 5.28 Å². The van der Waals surface area contributed by atoms with Gasteiger partial charge in [0.1, 0.15) is 5.82 Å². The molecule has 1 aliphatic rings. The van der Waals surface area contributed by atoms with Crippen LogP contribution in [0.1, 0.15) is 18.1 Å². The van der Waals surface area contributed by atoms with Gasteiger partial charge in [0.25, 0.3) is 0 Å². The number of hydrogen-bond acceptors (Lipinski definition) is 5. The highest BCUT2D eigenvalue weighted by molar-refractivity contribution is 6.28. The number of rotatable bonds is 6. The van der Waals surface area contributed by atoms with Crippen molar-refractivity contribution in [2.24, 2.45) is 0 Å². The van der Waals surface area contributed by atoms with E-state index in [4.69, 9.17) is 11.6 Å². The minimum atomic E-state index is 0.0185. The molecular formula is C19H24ClN5O. The highest BCUT2D eigenvalue weighted by Gasteiger charge is 2.18. The Kier molecular flexibility index (Phi) is 6.41. The van der Waals surface area contributed by atoms with Gasteiger partial charge in [0.15, 0.2) is 0 Å². The molecule has 2 aromatic rings. The van der Waals surface area contributed by atoms with Crippen LogP contribution in [-0.2, 0) is 17.8 Å². The molecule has 138 valence electrons. The first-order chi connectivity index (χ1) is 12.6. The number of nitrogens with one attached hydrogen (secondary N) is 1. The lowest BCUT2D eigenvalue weighted by molar-refractivity contribution is -0.118. The minimum absolute atomic E-state index is 0.0185. The predicted octanol–water partition coefficient (Wildman–Crippen LogP) is 2.13. The molecule has 1 saturated heterocycles. The van der Waals surface area contributed by atoms with E-state index in [2.05, 4.69) is 49.4 Å². The van der Waals surface area contributed by atoms with Crippen molar-refractivity contribution in [3.8, 4) is 0 Å². The van der Waals surface area contributed by atoms with Gasteiger partial charge in [-0.3, -0.25) is 9.69 Å². The molecular weight excluding hydrogens is 350 g/mol. The summed E-state index contributed by atoms with van der Waals surface area (Å²) in [6.45, 7) is 7.03. The minimum Gasteiger partial charge on any atom is -0.356 e. The largest absolute Gasteiger partial charge is 0.356 e. The molecule has 7 heteroatoms. The second kappa shape index (κ2) is 8.96. The first-order valence-corrected chi connectivity index (χ1v) is 9.26. The van der Waals surface area contributed by atoms with Crippen molar-refractivity contribution in [1.82, 2.24) is 20.2 Å². The number of carbonyl (C=O) groups excluding carboxylic acids is 1. The molecule has 3 rings (SSSR count). The number of aromatic nitrogens is 2. The maximum absolute atomic E-state index is 10.9. The molecule has 0 radical (unpaired) electrons. The Morgan fingerprint density at radius 3 is 2.46 bits per heavy atom. The van der Waals surface area contributed by atoms with Crippen molar-refractivity contribution < 1.29 is 4.79 Å². The standard InChI is InChI=1S/C19H24ClN5O/c1-15(26)21-8-6-16-2-4-17(5-3-16)14-24-10-12-25(13-11-24)18-7-9-22-19(20)23-18/h2-5,7,9H,6,8,10-14H2,1H3,(H,21,26). The summed E-state index contributed by atoms with van der Waals surface area (Å²) in [5.41, 5.74) is 2.56. The Morgan fingerprint density at radius 2 is 1.81 bits per heavy atom. The van der Waals surface area contributed by atoms with Crippen LogP contribution < -0.4 is 10.2 Å². The Bertz CT molecular complexity index is 729. The second-order valence-electron chi connectivity index (χ2n) is 6.50. The van der Waals surface area contributed by atoms with E-state index in [1.165, 1.54) is 11.1 Å². The molecule has 0 atom stereocenters. The summed E-state index contributed by atoms with van der Waals surface area (Å²) in [5.74, 6) is 0.915. The number of hydrogen-bond donors (Lipinski definition) is 1. The number of piperazine rings is 1. The van der Waals surface area contributed by atoms with Gasteiger partial charge in [0.2, 0.25) is 11.2 Å². The van der Waals surface area contributed by atoms with Crippen LogP contribution in [0.15, 0.2) is 36.5 Å². The molecule has 0 saturated carbocycles. The molecule has 26 heavy (non-hydrogen) atoms. The normalized spacial score (nSPS) is 15.1. The van der Waals surface area contributed by atoms with E-state index in [0.29, 0.717) is 11.8 Å². The van der Waals surface area contributed by atoms with Crippen LogP contribution in [0.3, 0.4) is 0 Å². The Balaban J connectivity index is 1.46. The Hall–Kier alpha value is -2.18. The number of amides is 1. The molecule has 1 N–H and O–H groups in total. The molecule has 0 aliphatic carbocycles. The van der Waals surface area contributed by atoms with Crippen molar-refractivity contribution in [1.29, 1.82) is 0 Å². The van der Waals surface area contributed by atoms with Crippen LogP contribution >= 0.6 is 11.6 Å². The maximum Gasteiger partial charge on any atom is 0.224 e. The summed E-state index contributed by atoms with van der Waals surface area (Å²) in [4.78, 5) is 23.8. The molecule has 1 aliphatic heterocycles. The summed E-state index contributed by atoms with van der Waals surface area (Å²) >= 11 is 5.88. The van der Waals surface area contributed by atoms with Gasteiger partial charge in [0, 0.05) is 52.4 Å². The smallest absolute Gasteiger partial charge is 0.224 e. The number of halogens is 1. The van der Waals surface area contributed by atoms with Crippen molar-refractivity contribution in [3.05, 3.63) is 52.9 Å². The van der Waals surface area contributed by atoms with Gasteiger partial charge in [-0.2, -0.15) is 0 Å². The van der Waals surface area contributed by atoms with Crippen LogP contribution in [0.5, 0.6) is 0 Å². The van der Waals surface area contributed by atoms with Gasteiger partial charge in [0.05, 0.1) is 0 Å². The molecule has 1 amide bonds. The SMILES string of the molecule is CC(=O)NCCc1ccc(CN2CCN(c3ccnc(Cl)n3)CC2)cc1. The van der Waals surface area contributed by atoms with Crippen molar-refractivity contribution in [3.63, 3.8) is 0 Å². The summed E-state index contributed by atoms with van der Waals surface area (Å²) in [5, 5.41) is 3.12. The first-order valence-electron chi connectivity index (χ1n) is 8.88. The first kappa shape index (κ1) is 18.6. The summed E-state index contributed by atoms with van der Waals surface area (Å²) < 4.78 is 0. The van der Waals surface area contributed by atoms with E-state index in [1.54, 1.807) is 13.1 Å². The number of carbonyl (C=O) groups is 1.